The number of likely N-dealkylation sites (tertiary alicyclic amines) is 1. The Morgan fingerprint density at radius 2 is 1.51 bits per heavy atom. The van der Waals surface area contributed by atoms with E-state index in [0.29, 0.717) is 36.8 Å². The van der Waals surface area contributed by atoms with Gasteiger partial charge in [-0.3, -0.25) is 9.59 Å². The molecule has 2 saturated heterocycles. The second-order valence-electron chi connectivity index (χ2n) is 9.80. The van der Waals surface area contributed by atoms with Crippen LogP contribution < -0.4 is 9.64 Å². The van der Waals surface area contributed by atoms with Gasteiger partial charge in [0, 0.05) is 61.5 Å². The third kappa shape index (κ3) is 5.30. The number of aryl methyl sites for hydroxylation is 1. The molecule has 3 aromatic rings. The summed E-state index contributed by atoms with van der Waals surface area (Å²) in [5.74, 6) is 0.441. The number of para-hydroxylation sites is 1. The Hall–Kier alpha value is -3.51. The van der Waals surface area contributed by atoms with Crippen LogP contribution >= 0.6 is 11.6 Å². The average molecular weight is 518 g/mol. The predicted octanol–water partition coefficient (Wildman–Crippen LogP) is 4.86. The van der Waals surface area contributed by atoms with E-state index in [-0.39, 0.29) is 23.7 Å². The fraction of sp³-hybridized carbons (Fsp3) is 0.333. The number of carbonyl (C=O) groups is 2. The first-order valence-corrected chi connectivity index (χ1v) is 13.1. The minimum Gasteiger partial charge on any atom is -0.497 e. The number of ether oxygens (including phenoxy) is 1. The smallest absolute Gasteiger partial charge is 0.253 e. The molecule has 2 amide bonds. The van der Waals surface area contributed by atoms with Crippen molar-refractivity contribution in [2.45, 2.75) is 12.8 Å². The molecule has 6 nitrogen and oxygen atoms in total. The highest BCUT2D eigenvalue weighted by Gasteiger charge is 2.42. The van der Waals surface area contributed by atoms with Gasteiger partial charge in [-0.1, -0.05) is 41.9 Å². The van der Waals surface area contributed by atoms with Gasteiger partial charge in [0.05, 0.1) is 13.0 Å². The zero-order valence-electron chi connectivity index (χ0n) is 21.3. The van der Waals surface area contributed by atoms with Gasteiger partial charge < -0.3 is 19.4 Å². The van der Waals surface area contributed by atoms with E-state index in [1.165, 1.54) is 11.3 Å². The molecule has 0 radical (unpaired) electrons. The minimum atomic E-state index is -0.297. The van der Waals surface area contributed by atoms with Crippen molar-refractivity contribution in [2.24, 2.45) is 5.92 Å². The predicted molar refractivity (Wildman–Crippen MR) is 147 cm³/mol. The number of carbonyl (C=O) groups excluding carboxylic acids is 2. The Kier molecular flexibility index (Phi) is 7.38. The Morgan fingerprint density at radius 1 is 0.838 bits per heavy atom. The average Bonchev–Trinajstić information content (AvgIpc) is 3.39. The summed E-state index contributed by atoms with van der Waals surface area (Å²) < 4.78 is 5.33. The highest BCUT2D eigenvalue weighted by Crippen LogP contribution is 2.36. The van der Waals surface area contributed by atoms with E-state index < -0.39 is 0 Å². The molecule has 0 bridgehead atoms. The zero-order chi connectivity index (χ0) is 25.9. The number of hydrogen-bond donors (Lipinski definition) is 0. The zero-order valence-corrected chi connectivity index (χ0v) is 22.0. The van der Waals surface area contributed by atoms with Crippen LogP contribution in [0, 0.1) is 12.8 Å². The SMILES string of the molecule is COc1ccc([C@@H]2CN(C(=O)c3ccc(Cl)cc3)C[C@@H]2C(=O)N2CCN(c3ccccc3C)CC2)cc1. The number of piperazine rings is 1. The van der Waals surface area contributed by atoms with Gasteiger partial charge in [0.2, 0.25) is 5.91 Å². The summed E-state index contributed by atoms with van der Waals surface area (Å²) in [7, 11) is 1.64. The fourth-order valence-corrected chi connectivity index (χ4v) is 5.63. The first kappa shape index (κ1) is 25.2. The molecule has 0 aliphatic carbocycles. The molecule has 2 heterocycles. The van der Waals surface area contributed by atoms with Crippen molar-refractivity contribution in [2.75, 3.05) is 51.3 Å². The van der Waals surface area contributed by atoms with Crippen LogP contribution in [-0.4, -0.2) is 68.0 Å². The number of hydrogen-bond acceptors (Lipinski definition) is 4. The van der Waals surface area contributed by atoms with Gasteiger partial charge in [0.25, 0.3) is 5.91 Å². The Bertz CT molecular complexity index is 1250. The molecule has 3 aromatic carbocycles. The Balaban J connectivity index is 1.34. The number of nitrogens with zero attached hydrogens (tertiary/aromatic N) is 3. The molecular weight excluding hydrogens is 486 g/mol. The summed E-state index contributed by atoms with van der Waals surface area (Å²) in [5, 5.41) is 0.590. The Labute approximate surface area is 223 Å². The quantitative estimate of drug-likeness (QED) is 0.485. The van der Waals surface area contributed by atoms with Crippen LogP contribution in [0.15, 0.2) is 72.8 Å². The lowest BCUT2D eigenvalue weighted by atomic mass is 9.87. The highest BCUT2D eigenvalue weighted by atomic mass is 35.5. The lowest BCUT2D eigenvalue weighted by Gasteiger charge is -2.38. The second kappa shape index (κ2) is 10.9. The lowest BCUT2D eigenvalue weighted by Crippen LogP contribution is -2.51. The van der Waals surface area contributed by atoms with Gasteiger partial charge in [0.15, 0.2) is 0 Å². The second-order valence-corrected chi connectivity index (χ2v) is 10.2. The Morgan fingerprint density at radius 3 is 2.16 bits per heavy atom. The van der Waals surface area contributed by atoms with E-state index in [2.05, 4.69) is 36.1 Å². The van der Waals surface area contributed by atoms with Crippen molar-refractivity contribution in [1.82, 2.24) is 9.80 Å². The molecule has 37 heavy (non-hydrogen) atoms. The van der Waals surface area contributed by atoms with E-state index >= 15 is 0 Å². The van der Waals surface area contributed by atoms with Crippen molar-refractivity contribution in [1.29, 1.82) is 0 Å². The largest absolute Gasteiger partial charge is 0.497 e. The van der Waals surface area contributed by atoms with Crippen LogP contribution in [0.3, 0.4) is 0 Å². The molecule has 0 unspecified atom stereocenters. The summed E-state index contributed by atoms with van der Waals surface area (Å²) in [6.07, 6.45) is 0. The highest BCUT2D eigenvalue weighted by molar-refractivity contribution is 6.30. The fourth-order valence-electron chi connectivity index (χ4n) is 5.50. The van der Waals surface area contributed by atoms with Crippen LogP contribution in [0.5, 0.6) is 5.75 Å². The van der Waals surface area contributed by atoms with Crippen molar-refractivity contribution in [3.05, 3.63) is 94.5 Å². The summed E-state index contributed by atoms with van der Waals surface area (Å²) in [6.45, 7) is 5.95. The van der Waals surface area contributed by atoms with Crippen LogP contribution in [0.25, 0.3) is 0 Å². The van der Waals surface area contributed by atoms with Gasteiger partial charge in [-0.05, 0) is 60.5 Å². The minimum absolute atomic E-state index is 0.0742. The van der Waals surface area contributed by atoms with Crippen molar-refractivity contribution in [3.63, 3.8) is 0 Å². The monoisotopic (exact) mass is 517 g/mol. The van der Waals surface area contributed by atoms with Crippen molar-refractivity contribution < 1.29 is 14.3 Å². The van der Waals surface area contributed by atoms with E-state index in [1.54, 1.807) is 31.4 Å². The molecule has 2 aliphatic heterocycles. The van der Waals surface area contributed by atoms with Crippen molar-refractivity contribution >= 4 is 29.1 Å². The molecule has 7 heteroatoms. The number of methoxy groups -OCH3 is 1. The van der Waals surface area contributed by atoms with Gasteiger partial charge in [0.1, 0.15) is 5.75 Å². The van der Waals surface area contributed by atoms with Crippen LogP contribution in [0.2, 0.25) is 5.02 Å². The summed E-state index contributed by atoms with van der Waals surface area (Å²) in [5.41, 5.74) is 4.10. The van der Waals surface area contributed by atoms with Crippen LogP contribution in [-0.2, 0) is 4.79 Å². The molecule has 0 aromatic heterocycles. The standard InChI is InChI=1S/C30H32ClN3O3/c1-21-5-3-4-6-28(21)32-15-17-33(18-16-32)30(36)27-20-34(29(35)23-7-11-24(31)12-8-23)19-26(27)22-9-13-25(37-2)14-10-22/h3-14,26-27H,15-20H2,1-2H3/t26-,27-/m0/s1. The van der Waals surface area contributed by atoms with Gasteiger partial charge >= 0.3 is 0 Å². The van der Waals surface area contributed by atoms with Crippen LogP contribution in [0.1, 0.15) is 27.4 Å². The number of halogens is 1. The normalized spacial score (nSPS) is 19.7. The maximum absolute atomic E-state index is 13.9. The number of rotatable bonds is 5. The third-order valence-electron chi connectivity index (χ3n) is 7.61. The molecular formula is C30H32ClN3O3. The van der Waals surface area contributed by atoms with E-state index in [4.69, 9.17) is 16.3 Å². The topological polar surface area (TPSA) is 53.1 Å². The summed E-state index contributed by atoms with van der Waals surface area (Å²) in [6, 6.07) is 23.2. The maximum atomic E-state index is 13.9. The number of amides is 2. The molecule has 0 N–H and O–H groups in total. The molecule has 0 saturated carbocycles. The lowest BCUT2D eigenvalue weighted by molar-refractivity contribution is -0.135. The first-order valence-electron chi connectivity index (χ1n) is 12.7. The van der Waals surface area contributed by atoms with Gasteiger partial charge in [-0.15, -0.1) is 0 Å². The van der Waals surface area contributed by atoms with E-state index in [9.17, 15) is 9.59 Å². The van der Waals surface area contributed by atoms with Crippen molar-refractivity contribution in [3.8, 4) is 5.75 Å². The summed E-state index contributed by atoms with van der Waals surface area (Å²) >= 11 is 6.02. The first-order chi connectivity index (χ1) is 17.9. The molecule has 5 rings (SSSR count). The molecule has 192 valence electrons. The number of anilines is 1. The van der Waals surface area contributed by atoms with E-state index in [1.807, 2.05) is 34.1 Å². The van der Waals surface area contributed by atoms with Gasteiger partial charge in [-0.25, -0.2) is 0 Å². The van der Waals surface area contributed by atoms with Gasteiger partial charge in [-0.2, -0.15) is 0 Å². The van der Waals surface area contributed by atoms with E-state index in [0.717, 1.165) is 24.4 Å². The third-order valence-corrected chi connectivity index (χ3v) is 7.86. The molecule has 2 aliphatic rings. The summed E-state index contributed by atoms with van der Waals surface area (Å²) in [4.78, 5) is 33.4. The number of benzene rings is 3. The molecule has 2 atom stereocenters. The molecule has 2 fully saturated rings. The maximum Gasteiger partial charge on any atom is 0.253 e. The van der Waals surface area contributed by atoms with Crippen LogP contribution in [0.4, 0.5) is 5.69 Å². The molecule has 0 spiro atoms.